The molecule has 2 N–H and O–H groups in total. The predicted molar refractivity (Wildman–Crippen MR) is 72.5 cm³/mol. The number of nitrogens with two attached hydrogens (primary N) is 1. The van der Waals surface area contributed by atoms with Gasteiger partial charge in [0.25, 0.3) is 0 Å². The highest BCUT2D eigenvalue weighted by molar-refractivity contribution is 4.99. The van der Waals surface area contributed by atoms with Crippen LogP contribution < -0.4 is 5.73 Å². The van der Waals surface area contributed by atoms with Gasteiger partial charge in [0.15, 0.2) is 0 Å². The van der Waals surface area contributed by atoms with Crippen molar-refractivity contribution < 1.29 is 9.26 Å². The minimum Gasteiger partial charge on any atom is -0.370 e. The maximum atomic E-state index is 6.08. The Labute approximate surface area is 114 Å². The molecule has 0 amide bonds. The lowest BCUT2D eigenvalue weighted by Crippen LogP contribution is -2.25. The fraction of sp³-hybridized carbons (Fsp3) is 0.857. The van der Waals surface area contributed by atoms with Gasteiger partial charge in [0.1, 0.15) is 6.10 Å². The van der Waals surface area contributed by atoms with Gasteiger partial charge in [-0.25, -0.2) is 0 Å². The van der Waals surface area contributed by atoms with E-state index in [0.717, 1.165) is 0 Å². The first-order valence-corrected chi connectivity index (χ1v) is 7.11. The summed E-state index contributed by atoms with van der Waals surface area (Å²) in [5, 5.41) is 4.07. The topological polar surface area (TPSA) is 74.2 Å². The van der Waals surface area contributed by atoms with Crippen LogP contribution in [0, 0.1) is 11.3 Å². The maximum absolute atomic E-state index is 6.08. The maximum Gasteiger partial charge on any atom is 0.228 e. The van der Waals surface area contributed by atoms with Gasteiger partial charge in [0, 0.05) is 19.1 Å². The molecule has 1 heterocycles. The van der Waals surface area contributed by atoms with E-state index in [1.165, 1.54) is 12.8 Å². The Morgan fingerprint density at radius 1 is 1.42 bits per heavy atom. The van der Waals surface area contributed by atoms with Gasteiger partial charge in [-0.1, -0.05) is 25.9 Å². The van der Waals surface area contributed by atoms with Crippen LogP contribution in [0.25, 0.3) is 0 Å². The third-order valence-corrected chi connectivity index (χ3v) is 3.48. The number of hydrogen-bond acceptors (Lipinski definition) is 5. The highest BCUT2D eigenvalue weighted by atomic mass is 16.5. The third-order valence-electron chi connectivity index (χ3n) is 3.48. The molecule has 2 unspecified atom stereocenters. The van der Waals surface area contributed by atoms with Crippen LogP contribution in [0.1, 0.15) is 58.4 Å². The van der Waals surface area contributed by atoms with Crippen molar-refractivity contribution in [2.24, 2.45) is 17.1 Å². The Bertz CT molecular complexity index is 407. The second-order valence-corrected chi connectivity index (χ2v) is 6.45. The molecule has 0 aliphatic heterocycles. The van der Waals surface area contributed by atoms with Gasteiger partial charge in [-0.3, -0.25) is 0 Å². The first kappa shape index (κ1) is 14.5. The molecule has 108 valence electrons. The first-order valence-electron chi connectivity index (χ1n) is 7.11. The summed E-state index contributed by atoms with van der Waals surface area (Å²) in [6.45, 7) is 8.94. The van der Waals surface area contributed by atoms with E-state index in [1.54, 1.807) is 0 Å². The lowest BCUT2D eigenvalue weighted by atomic mass is 9.88. The quantitative estimate of drug-likeness (QED) is 0.857. The summed E-state index contributed by atoms with van der Waals surface area (Å²) in [5.74, 6) is 1.90. The number of aromatic nitrogens is 2. The van der Waals surface area contributed by atoms with Gasteiger partial charge in [-0.15, -0.1) is 0 Å². The summed E-state index contributed by atoms with van der Waals surface area (Å²) in [7, 11) is 0. The lowest BCUT2D eigenvalue weighted by Gasteiger charge is -2.27. The smallest absolute Gasteiger partial charge is 0.228 e. The summed E-state index contributed by atoms with van der Waals surface area (Å²) in [6, 6.07) is 0.147. The SMILES string of the molecule is CCOC(c1noc(CC(N)C2CC2)n1)C(C)(C)C. The van der Waals surface area contributed by atoms with Crippen molar-refractivity contribution in [1.29, 1.82) is 0 Å². The second kappa shape index (κ2) is 5.59. The van der Waals surface area contributed by atoms with Crippen LogP contribution in [0.4, 0.5) is 0 Å². The fourth-order valence-electron chi connectivity index (χ4n) is 2.23. The van der Waals surface area contributed by atoms with E-state index in [0.29, 0.717) is 30.7 Å². The van der Waals surface area contributed by atoms with Crippen molar-refractivity contribution >= 4 is 0 Å². The van der Waals surface area contributed by atoms with E-state index < -0.39 is 0 Å². The van der Waals surface area contributed by atoms with Crippen molar-refractivity contribution in [3.63, 3.8) is 0 Å². The third kappa shape index (κ3) is 3.76. The molecule has 0 spiro atoms. The zero-order valence-corrected chi connectivity index (χ0v) is 12.3. The number of rotatable bonds is 6. The van der Waals surface area contributed by atoms with Crippen LogP contribution in [0.5, 0.6) is 0 Å². The molecule has 1 aromatic rings. The number of hydrogen-bond donors (Lipinski definition) is 1. The normalized spacial score (nSPS) is 19.4. The van der Waals surface area contributed by atoms with Crippen molar-refractivity contribution in [2.45, 2.75) is 59.1 Å². The molecule has 2 rings (SSSR count). The van der Waals surface area contributed by atoms with Crippen molar-refractivity contribution in [2.75, 3.05) is 6.61 Å². The van der Waals surface area contributed by atoms with E-state index in [2.05, 4.69) is 30.9 Å². The van der Waals surface area contributed by atoms with Crippen LogP contribution in [0.15, 0.2) is 4.52 Å². The highest BCUT2D eigenvalue weighted by Crippen LogP contribution is 2.35. The molecule has 0 bridgehead atoms. The molecule has 2 atom stereocenters. The zero-order chi connectivity index (χ0) is 14.0. The molecule has 19 heavy (non-hydrogen) atoms. The van der Waals surface area contributed by atoms with Gasteiger partial charge in [0.05, 0.1) is 0 Å². The van der Waals surface area contributed by atoms with Crippen LogP contribution in [0.2, 0.25) is 0 Å². The molecular formula is C14H25N3O2. The lowest BCUT2D eigenvalue weighted by molar-refractivity contribution is -0.0203. The summed E-state index contributed by atoms with van der Waals surface area (Å²) in [5.41, 5.74) is 6.02. The summed E-state index contributed by atoms with van der Waals surface area (Å²) in [6.07, 6.45) is 2.98. The van der Waals surface area contributed by atoms with E-state index in [4.69, 9.17) is 15.0 Å². The summed E-state index contributed by atoms with van der Waals surface area (Å²) >= 11 is 0. The van der Waals surface area contributed by atoms with Crippen molar-refractivity contribution in [3.8, 4) is 0 Å². The number of nitrogens with zero attached hydrogens (tertiary/aromatic N) is 2. The molecule has 0 aromatic carbocycles. The fourth-order valence-corrected chi connectivity index (χ4v) is 2.23. The van der Waals surface area contributed by atoms with Gasteiger partial charge in [-0.05, 0) is 31.1 Å². The minimum absolute atomic E-state index is 0.0598. The molecular weight excluding hydrogens is 242 g/mol. The summed E-state index contributed by atoms with van der Waals surface area (Å²) < 4.78 is 11.1. The van der Waals surface area contributed by atoms with Crippen LogP contribution in [-0.4, -0.2) is 22.8 Å². The Kier molecular flexibility index (Phi) is 4.26. The Morgan fingerprint density at radius 3 is 2.63 bits per heavy atom. The van der Waals surface area contributed by atoms with Gasteiger partial charge >= 0.3 is 0 Å². The van der Waals surface area contributed by atoms with Gasteiger partial charge < -0.3 is 15.0 Å². The molecule has 5 heteroatoms. The predicted octanol–water partition coefficient (Wildman–Crippen LogP) is 2.47. The number of ether oxygens (including phenoxy) is 1. The largest absolute Gasteiger partial charge is 0.370 e. The van der Waals surface area contributed by atoms with Crippen LogP contribution in [-0.2, 0) is 11.2 Å². The van der Waals surface area contributed by atoms with E-state index in [9.17, 15) is 0 Å². The van der Waals surface area contributed by atoms with E-state index >= 15 is 0 Å². The first-order chi connectivity index (χ1) is 8.91. The molecule has 1 aromatic heterocycles. The van der Waals surface area contributed by atoms with Gasteiger partial charge in [-0.2, -0.15) is 4.98 Å². The molecule has 0 saturated heterocycles. The Hall–Kier alpha value is -0.940. The standard InChI is InChI=1S/C14H25N3O2/c1-5-18-12(14(2,3)4)13-16-11(19-17-13)8-10(15)9-6-7-9/h9-10,12H,5-8,15H2,1-4H3. The Balaban J connectivity index is 2.04. The average molecular weight is 267 g/mol. The van der Waals surface area contributed by atoms with Crippen molar-refractivity contribution in [1.82, 2.24) is 10.1 Å². The molecule has 1 saturated carbocycles. The average Bonchev–Trinajstić information content (AvgIpc) is 3.07. The zero-order valence-electron chi connectivity index (χ0n) is 12.3. The molecule has 0 radical (unpaired) electrons. The van der Waals surface area contributed by atoms with Gasteiger partial charge in [0.2, 0.25) is 11.7 Å². The summed E-state index contributed by atoms with van der Waals surface area (Å²) in [4.78, 5) is 4.46. The van der Waals surface area contributed by atoms with Crippen molar-refractivity contribution in [3.05, 3.63) is 11.7 Å². The van der Waals surface area contributed by atoms with E-state index in [1.807, 2.05) is 6.92 Å². The van der Waals surface area contributed by atoms with Crippen LogP contribution in [0.3, 0.4) is 0 Å². The Morgan fingerprint density at radius 2 is 2.11 bits per heavy atom. The highest BCUT2D eigenvalue weighted by Gasteiger charge is 2.33. The second-order valence-electron chi connectivity index (χ2n) is 6.45. The van der Waals surface area contributed by atoms with E-state index in [-0.39, 0.29) is 17.6 Å². The molecule has 1 fully saturated rings. The molecule has 1 aliphatic rings. The minimum atomic E-state index is -0.146. The molecule has 5 nitrogen and oxygen atoms in total. The monoisotopic (exact) mass is 267 g/mol. The van der Waals surface area contributed by atoms with Crippen LogP contribution >= 0.6 is 0 Å². The molecule has 1 aliphatic carbocycles.